The van der Waals surface area contributed by atoms with E-state index < -0.39 is 40.1 Å². The Labute approximate surface area is 175 Å². The maximum absolute atomic E-state index is 12.8. The average Bonchev–Trinajstić information content (AvgIpc) is 2.66. The zero-order chi connectivity index (χ0) is 23.4. The number of hydrogen-bond donors (Lipinski definition) is 1. The van der Waals surface area contributed by atoms with Crippen molar-refractivity contribution < 1.29 is 40.8 Å². The third-order valence-corrected chi connectivity index (χ3v) is 4.17. The van der Waals surface area contributed by atoms with Crippen molar-refractivity contribution in [3.05, 3.63) is 68.2 Å². The highest BCUT2D eigenvalue weighted by atomic mass is 35.5. The minimum absolute atomic E-state index is 0.0180. The zero-order valence-electron chi connectivity index (χ0n) is 15.3. The molecule has 0 aliphatic carbocycles. The standard InChI is InChI=1S/C18H13ClF6N2O4/c19-15-3-2-12(27(29)30)9-14(15)16(28)26-4-1-5-31-13-7-10(17(20,21)22)6-11(8-13)18(23,24)25/h2-3,6-9H,1,4-5H2,(H,26,28). The SMILES string of the molecule is O=C(NCCCOc1cc(C(F)(F)F)cc(C(F)(F)F)c1)c1cc([N+](=O)[O-])ccc1Cl. The van der Waals surface area contributed by atoms with Gasteiger partial charge in [0.1, 0.15) is 5.75 Å². The molecule has 1 N–H and O–H groups in total. The molecule has 13 heteroatoms. The smallest absolute Gasteiger partial charge is 0.416 e. The number of rotatable bonds is 7. The topological polar surface area (TPSA) is 81.5 Å². The fourth-order valence-electron chi connectivity index (χ4n) is 2.37. The number of carbonyl (C=O) groups excluding carboxylic acids is 1. The molecular formula is C18H13ClF6N2O4. The first-order chi connectivity index (χ1) is 14.3. The number of nitro benzene ring substituents is 1. The lowest BCUT2D eigenvalue weighted by molar-refractivity contribution is -0.384. The molecule has 0 aliphatic rings. The number of non-ortho nitro benzene ring substituents is 1. The molecule has 0 fully saturated rings. The lowest BCUT2D eigenvalue weighted by Gasteiger charge is -2.15. The fraction of sp³-hybridized carbons (Fsp3) is 0.278. The molecule has 2 aromatic rings. The second-order valence-corrected chi connectivity index (χ2v) is 6.53. The molecule has 6 nitrogen and oxygen atoms in total. The molecule has 0 radical (unpaired) electrons. The van der Waals surface area contributed by atoms with Crippen LogP contribution >= 0.6 is 11.6 Å². The molecule has 0 bridgehead atoms. The summed E-state index contributed by atoms with van der Waals surface area (Å²) < 4.78 is 81.9. The van der Waals surface area contributed by atoms with Crippen molar-refractivity contribution in [1.29, 1.82) is 0 Å². The summed E-state index contributed by atoms with van der Waals surface area (Å²) in [5.74, 6) is -1.37. The predicted molar refractivity (Wildman–Crippen MR) is 97.0 cm³/mol. The summed E-state index contributed by atoms with van der Waals surface area (Å²) in [6.45, 7) is -0.384. The van der Waals surface area contributed by atoms with Crippen molar-refractivity contribution in [2.45, 2.75) is 18.8 Å². The molecule has 0 saturated heterocycles. The van der Waals surface area contributed by atoms with Gasteiger partial charge in [0.05, 0.1) is 33.2 Å². The maximum atomic E-state index is 12.8. The molecule has 1 amide bonds. The Bertz CT molecular complexity index is 946. The second kappa shape index (κ2) is 9.41. The van der Waals surface area contributed by atoms with E-state index in [1.165, 1.54) is 6.07 Å². The summed E-state index contributed by atoms with van der Waals surface area (Å²) in [7, 11) is 0. The molecule has 0 unspecified atom stereocenters. The van der Waals surface area contributed by atoms with Gasteiger partial charge in [-0.25, -0.2) is 0 Å². The van der Waals surface area contributed by atoms with Crippen LogP contribution in [0.2, 0.25) is 5.02 Å². The lowest BCUT2D eigenvalue weighted by Crippen LogP contribution is -2.26. The van der Waals surface area contributed by atoms with E-state index in [4.69, 9.17) is 16.3 Å². The molecular weight excluding hydrogens is 458 g/mol. The van der Waals surface area contributed by atoms with Gasteiger partial charge in [0.25, 0.3) is 11.6 Å². The number of hydrogen-bond acceptors (Lipinski definition) is 4. The van der Waals surface area contributed by atoms with Gasteiger partial charge in [0.15, 0.2) is 0 Å². The van der Waals surface area contributed by atoms with Gasteiger partial charge in [-0.3, -0.25) is 14.9 Å². The van der Waals surface area contributed by atoms with Gasteiger partial charge in [-0.05, 0) is 30.7 Å². The summed E-state index contributed by atoms with van der Waals surface area (Å²) in [6.07, 6.45) is -9.97. The predicted octanol–water partition coefficient (Wildman–Crippen LogP) is 5.48. The summed E-state index contributed by atoms with van der Waals surface area (Å²) in [5.41, 5.74) is -3.54. The molecule has 0 aliphatic heterocycles. The van der Waals surface area contributed by atoms with Crippen LogP contribution in [0.5, 0.6) is 5.75 Å². The van der Waals surface area contributed by atoms with Crippen molar-refractivity contribution >= 4 is 23.2 Å². The number of amides is 1. The summed E-state index contributed by atoms with van der Waals surface area (Å²) in [6, 6.07) is 4.11. The zero-order valence-corrected chi connectivity index (χ0v) is 16.1. The first-order valence-electron chi connectivity index (χ1n) is 8.43. The Balaban J connectivity index is 1.97. The van der Waals surface area contributed by atoms with Gasteiger partial charge >= 0.3 is 12.4 Å². The largest absolute Gasteiger partial charge is 0.493 e. The Morgan fingerprint density at radius 2 is 1.61 bits per heavy atom. The van der Waals surface area contributed by atoms with E-state index in [-0.39, 0.29) is 41.9 Å². The highest BCUT2D eigenvalue weighted by Crippen LogP contribution is 2.38. The monoisotopic (exact) mass is 470 g/mol. The van der Waals surface area contributed by atoms with Gasteiger partial charge in [-0.1, -0.05) is 11.6 Å². The molecule has 0 atom stereocenters. The Kier molecular flexibility index (Phi) is 7.37. The number of carbonyl (C=O) groups is 1. The van der Waals surface area contributed by atoms with Crippen LogP contribution in [-0.4, -0.2) is 24.0 Å². The maximum Gasteiger partial charge on any atom is 0.416 e. The number of nitro groups is 1. The van der Waals surface area contributed by atoms with E-state index >= 15 is 0 Å². The number of alkyl halides is 6. The Hall–Kier alpha value is -3.02. The fourth-order valence-corrected chi connectivity index (χ4v) is 2.57. The minimum atomic E-state index is -5.00. The van der Waals surface area contributed by atoms with Crippen molar-refractivity contribution in [3.8, 4) is 5.75 Å². The third-order valence-electron chi connectivity index (χ3n) is 3.84. The van der Waals surface area contributed by atoms with Crippen LogP contribution < -0.4 is 10.1 Å². The van der Waals surface area contributed by atoms with E-state index in [1.54, 1.807) is 0 Å². The van der Waals surface area contributed by atoms with Crippen LogP contribution in [0, 0.1) is 10.1 Å². The van der Waals surface area contributed by atoms with E-state index in [1.807, 2.05) is 0 Å². The van der Waals surface area contributed by atoms with E-state index in [9.17, 15) is 41.3 Å². The van der Waals surface area contributed by atoms with Gasteiger partial charge in [0, 0.05) is 18.7 Å². The van der Waals surface area contributed by atoms with Crippen molar-refractivity contribution in [2.75, 3.05) is 13.2 Å². The highest BCUT2D eigenvalue weighted by Gasteiger charge is 2.37. The Morgan fingerprint density at radius 3 is 2.13 bits per heavy atom. The van der Waals surface area contributed by atoms with Crippen LogP contribution in [0.1, 0.15) is 27.9 Å². The number of ether oxygens (including phenoxy) is 1. The average molecular weight is 471 g/mol. The van der Waals surface area contributed by atoms with Crippen LogP contribution in [0.4, 0.5) is 32.0 Å². The number of halogens is 7. The van der Waals surface area contributed by atoms with Crippen LogP contribution in [0.3, 0.4) is 0 Å². The second-order valence-electron chi connectivity index (χ2n) is 6.12. The van der Waals surface area contributed by atoms with Gasteiger partial charge in [0.2, 0.25) is 0 Å². The minimum Gasteiger partial charge on any atom is -0.493 e. The Morgan fingerprint density at radius 1 is 1.03 bits per heavy atom. The molecule has 0 heterocycles. The third kappa shape index (κ3) is 6.74. The van der Waals surface area contributed by atoms with Crippen molar-refractivity contribution in [2.24, 2.45) is 0 Å². The molecule has 31 heavy (non-hydrogen) atoms. The lowest BCUT2D eigenvalue weighted by atomic mass is 10.1. The summed E-state index contributed by atoms with van der Waals surface area (Å²) >= 11 is 5.83. The number of nitrogens with one attached hydrogen (secondary N) is 1. The van der Waals surface area contributed by atoms with Gasteiger partial charge < -0.3 is 10.1 Å². The molecule has 2 aromatic carbocycles. The molecule has 2 rings (SSSR count). The van der Waals surface area contributed by atoms with Crippen LogP contribution in [-0.2, 0) is 12.4 Å². The quantitative estimate of drug-likeness (QED) is 0.251. The molecule has 0 spiro atoms. The number of benzene rings is 2. The number of nitrogens with zero attached hydrogens (tertiary/aromatic N) is 1. The van der Waals surface area contributed by atoms with Crippen molar-refractivity contribution in [1.82, 2.24) is 5.32 Å². The molecule has 0 aromatic heterocycles. The van der Waals surface area contributed by atoms with Crippen molar-refractivity contribution in [3.63, 3.8) is 0 Å². The van der Waals surface area contributed by atoms with E-state index in [0.717, 1.165) is 12.1 Å². The van der Waals surface area contributed by atoms with E-state index in [2.05, 4.69) is 5.32 Å². The van der Waals surface area contributed by atoms with Crippen LogP contribution in [0.25, 0.3) is 0 Å². The first kappa shape index (κ1) is 24.3. The first-order valence-corrected chi connectivity index (χ1v) is 8.81. The highest BCUT2D eigenvalue weighted by molar-refractivity contribution is 6.33. The van der Waals surface area contributed by atoms with Gasteiger partial charge in [-0.15, -0.1) is 0 Å². The molecule has 0 saturated carbocycles. The normalized spacial score (nSPS) is 11.8. The van der Waals surface area contributed by atoms with E-state index in [0.29, 0.717) is 12.1 Å². The van der Waals surface area contributed by atoms with Gasteiger partial charge in [-0.2, -0.15) is 26.3 Å². The molecule has 168 valence electrons. The summed E-state index contributed by atoms with van der Waals surface area (Å²) in [4.78, 5) is 22.1. The summed E-state index contributed by atoms with van der Waals surface area (Å²) in [5, 5.41) is 13.1. The van der Waals surface area contributed by atoms with Crippen LogP contribution in [0.15, 0.2) is 36.4 Å².